The van der Waals surface area contributed by atoms with Crippen LogP contribution in [0.4, 0.5) is 32.6 Å². The van der Waals surface area contributed by atoms with E-state index in [1.807, 2.05) is 40.7 Å². The second kappa shape index (κ2) is 16.7. The van der Waals surface area contributed by atoms with Crippen LogP contribution in [-0.2, 0) is 20.8 Å². The fourth-order valence-electron chi connectivity index (χ4n) is 6.45. The molecule has 14 nitrogen and oxygen atoms in total. The lowest BCUT2D eigenvalue weighted by Crippen LogP contribution is -2.57. The molecule has 3 N–H and O–H groups in total. The molecule has 0 spiro atoms. The number of rotatable bonds is 10. The van der Waals surface area contributed by atoms with Gasteiger partial charge in [0.2, 0.25) is 5.91 Å². The van der Waals surface area contributed by atoms with Gasteiger partial charge in [-0.05, 0) is 116 Å². The Hall–Kier alpha value is -5.92. The van der Waals surface area contributed by atoms with E-state index in [0.717, 1.165) is 24.5 Å². The zero-order valence-electron chi connectivity index (χ0n) is 34.7. The minimum Gasteiger partial charge on any atom is -0.444 e. The van der Waals surface area contributed by atoms with E-state index in [1.54, 1.807) is 84.9 Å². The highest BCUT2D eigenvalue weighted by atomic mass is 16.6. The normalized spacial score (nSPS) is 15.5. The van der Waals surface area contributed by atoms with Crippen LogP contribution in [-0.4, -0.2) is 72.8 Å². The van der Waals surface area contributed by atoms with Crippen LogP contribution < -0.4 is 20.9 Å². The van der Waals surface area contributed by atoms with Gasteiger partial charge in [0.1, 0.15) is 22.8 Å². The predicted molar refractivity (Wildman–Crippen MR) is 223 cm³/mol. The van der Waals surface area contributed by atoms with Gasteiger partial charge in [0.05, 0.1) is 12.7 Å². The number of hydrogen-bond acceptors (Lipinski definition) is 9. The van der Waals surface area contributed by atoms with Crippen molar-refractivity contribution < 1.29 is 28.7 Å². The molecule has 57 heavy (non-hydrogen) atoms. The molecule has 1 unspecified atom stereocenters. The molecule has 1 saturated heterocycles. The van der Waals surface area contributed by atoms with Crippen LogP contribution in [0, 0.1) is 0 Å². The van der Waals surface area contributed by atoms with Gasteiger partial charge in [-0.3, -0.25) is 14.5 Å². The van der Waals surface area contributed by atoms with Gasteiger partial charge >= 0.3 is 12.2 Å². The zero-order chi connectivity index (χ0) is 41.9. The topological polar surface area (TPSA) is 159 Å². The second-order valence-corrected chi connectivity index (χ2v) is 17.3. The molecule has 14 heteroatoms. The average Bonchev–Trinajstić information content (AvgIpc) is 3.54. The van der Waals surface area contributed by atoms with Crippen molar-refractivity contribution in [1.29, 1.82) is 0 Å². The van der Waals surface area contributed by atoms with Crippen LogP contribution in [0.1, 0.15) is 109 Å². The second-order valence-electron chi connectivity index (χ2n) is 17.3. The van der Waals surface area contributed by atoms with Crippen LogP contribution in [0.25, 0.3) is 5.65 Å². The Bertz CT molecular complexity index is 2140. The molecular formula is C43H56N8O6. The Morgan fingerprint density at radius 3 is 2.28 bits per heavy atom. The summed E-state index contributed by atoms with van der Waals surface area (Å²) in [5, 5.41) is 13.9. The number of amides is 4. The minimum atomic E-state index is -0.814. The Morgan fingerprint density at radius 1 is 0.965 bits per heavy atom. The van der Waals surface area contributed by atoms with Crippen molar-refractivity contribution in [2.24, 2.45) is 0 Å². The van der Waals surface area contributed by atoms with Crippen molar-refractivity contribution in [2.75, 3.05) is 27.4 Å². The van der Waals surface area contributed by atoms with Gasteiger partial charge in [-0.2, -0.15) is 9.61 Å². The third-order valence-electron chi connectivity index (χ3n) is 9.30. The molecule has 0 bridgehead atoms. The molecule has 1 aliphatic rings. The number of piperidine rings is 1. The maximum absolute atomic E-state index is 14.2. The third kappa shape index (κ3) is 10.9. The van der Waals surface area contributed by atoms with E-state index in [-0.39, 0.29) is 36.4 Å². The first-order chi connectivity index (χ1) is 26.6. The van der Waals surface area contributed by atoms with E-state index in [0.29, 0.717) is 46.3 Å². The first-order valence-electron chi connectivity index (χ1n) is 19.2. The summed E-state index contributed by atoms with van der Waals surface area (Å²) in [4.78, 5) is 61.0. The molecule has 2 aromatic heterocycles. The summed E-state index contributed by atoms with van der Waals surface area (Å²) in [6, 6.07) is 15.4. The van der Waals surface area contributed by atoms with Crippen LogP contribution in [0.3, 0.4) is 0 Å². The number of nitrogens with one attached hydrogen (secondary N) is 3. The van der Waals surface area contributed by atoms with Gasteiger partial charge in [0, 0.05) is 46.7 Å². The van der Waals surface area contributed by atoms with Crippen molar-refractivity contribution >= 4 is 52.7 Å². The molecule has 3 heterocycles. The van der Waals surface area contributed by atoms with Gasteiger partial charge in [-0.15, -0.1) is 0 Å². The average molecular weight is 781 g/mol. The minimum absolute atomic E-state index is 0.0567. The first kappa shape index (κ1) is 42.2. The van der Waals surface area contributed by atoms with Crippen molar-refractivity contribution in [3.63, 3.8) is 0 Å². The molecule has 4 aromatic rings. The molecule has 0 saturated carbocycles. The monoisotopic (exact) mass is 780 g/mol. The number of nitrogens with zero attached hydrogens (tertiary/aromatic N) is 5. The number of carbonyl (C=O) groups is 4. The fraction of sp³-hybridized carbons (Fsp3) is 0.442. The molecule has 304 valence electrons. The number of carbonyl (C=O) groups excluding carboxylic acids is 4. The number of benzene rings is 2. The summed E-state index contributed by atoms with van der Waals surface area (Å²) in [5.41, 5.74) is 1.60. The van der Waals surface area contributed by atoms with Crippen LogP contribution in [0.15, 0.2) is 73.4 Å². The largest absolute Gasteiger partial charge is 0.444 e. The highest BCUT2D eigenvalue weighted by Gasteiger charge is 2.40. The summed E-state index contributed by atoms with van der Waals surface area (Å²) in [5.74, 6) is 0.228. The lowest BCUT2D eigenvalue weighted by Gasteiger charge is -2.45. The van der Waals surface area contributed by atoms with Gasteiger partial charge in [-0.25, -0.2) is 14.6 Å². The molecule has 2 aromatic carbocycles. The first-order valence-corrected chi connectivity index (χ1v) is 19.2. The molecule has 1 atom stereocenters. The van der Waals surface area contributed by atoms with Crippen LogP contribution in [0.2, 0.25) is 0 Å². The molecule has 1 fully saturated rings. The lowest BCUT2D eigenvalue weighted by molar-refractivity contribution is -0.111. The number of aromatic nitrogens is 3. The number of hydrogen-bond donors (Lipinski definition) is 3. The van der Waals surface area contributed by atoms with Gasteiger partial charge in [0.25, 0.3) is 5.91 Å². The van der Waals surface area contributed by atoms with E-state index in [2.05, 4.69) is 36.4 Å². The summed E-state index contributed by atoms with van der Waals surface area (Å²) in [6.07, 6.45) is 3.44. The predicted octanol–water partition coefficient (Wildman–Crippen LogP) is 8.76. The molecule has 1 aliphatic heterocycles. The quantitative estimate of drug-likeness (QED) is 0.134. The smallest absolute Gasteiger partial charge is 0.416 e. The SMILES string of the molecule is C=CC(=O)Nc1cccc(C(=O)Nc2cccc(CN(C(=O)OC(C)(C)C)c3cc(NC4CCC(C)(C)N(C(=O)OC(C)(C)C)C4)nc4c(C(C)C)cnn34)c2)c1. The van der Waals surface area contributed by atoms with Crippen molar-refractivity contribution in [2.45, 2.75) is 117 Å². The summed E-state index contributed by atoms with van der Waals surface area (Å²) in [6.45, 7) is 23.1. The van der Waals surface area contributed by atoms with Gasteiger partial charge < -0.3 is 30.3 Å². The van der Waals surface area contributed by atoms with E-state index in [1.165, 1.54) is 4.90 Å². The Morgan fingerprint density at radius 2 is 1.63 bits per heavy atom. The number of ether oxygens (including phenoxy) is 2. The Labute approximate surface area is 335 Å². The third-order valence-corrected chi connectivity index (χ3v) is 9.30. The molecule has 5 rings (SSSR count). The summed E-state index contributed by atoms with van der Waals surface area (Å²) in [7, 11) is 0. The number of likely N-dealkylation sites (tertiary alicyclic amines) is 1. The van der Waals surface area contributed by atoms with Gasteiger partial charge in [0.15, 0.2) is 5.65 Å². The Kier molecular flexibility index (Phi) is 12.3. The lowest BCUT2D eigenvalue weighted by atomic mass is 9.88. The highest BCUT2D eigenvalue weighted by Crippen LogP contribution is 2.33. The molecule has 0 aliphatic carbocycles. The Balaban J connectivity index is 1.49. The van der Waals surface area contributed by atoms with E-state index < -0.39 is 22.8 Å². The number of fused-ring (bicyclic) bond motifs is 1. The van der Waals surface area contributed by atoms with E-state index >= 15 is 0 Å². The maximum atomic E-state index is 14.2. The maximum Gasteiger partial charge on any atom is 0.416 e. The zero-order valence-corrected chi connectivity index (χ0v) is 34.7. The van der Waals surface area contributed by atoms with E-state index in [9.17, 15) is 19.2 Å². The summed E-state index contributed by atoms with van der Waals surface area (Å²) >= 11 is 0. The standard InChI is InChI=1S/C43H56N8O6/c1-12-35(52)46-31-18-14-16-29(22-31)38(53)47-30-17-13-15-28(21-30)25-49(39(54)56-41(4,5)6)36-23-34(48-37-33(27(2)3)24-44-51(36)37)45-32-19-20-43(10,11)50(26-32)40(55)57-42(7,8)9/h12-18,21-24,27,32H,1,19-20,25-26H2,2-11H3,(H,45,48)(H,46,52)(H,47,53). The summed E-state index contributed by atoms with van der Waals surface area (Å²) < 4.78 is 13.4. The fourth-order valence-corrected chi connectivity index (χ4v) is 6.45. The molecule has 0 radical (unpaired) electrons. The van der Waals surface area contributed by atoms with Crippen molar-refractivity contribution in [3.8, 4) is 0 Å². The molecular weight excluding hydrogens is 725 g/mol. The van der Waals surface area contributed by atoms with Crippen LogP contribution in [0.5, 0.6) is 0 Å². The van der Waals surface area contributed by atoms with Crippen molar-refractivity contribution in [1.82, 2.24) is 19.5 Å². The van der Waals surface area contributed by atoms with Crippen LogP contribution >= 0.6 is 0 Å². The molecule has 4 amide bonds. The van der Waals surface area contributed by atoms with Crippen molar-refractivity contribution in [3.05, 3.63) is 90.1 Å². The van der Waals surface area contributed by atoms with E-state index in [4.69, 9.17) is 19.6 Å². The number of anilines is 4. The van der Waals surface area contributed by atoms with Gasteiger partial charge in [-0.1, -0.05) is 38.6 Å². The highest BCUT2D eigenvalue weighted by molar-refractivity contribution is 6.06.